The molecule has 0 bridgehead atoms. The highest BCUT2D eigenvalue weighted by molar-refractivity contribution is 7.14. The topological polar surface area (TPSA) is 71.5 Å². The van der Waals surface area contributed by atoms with Crippen LogP contribution in [-0.2, 0) is 4.74 Å². The van der Waals surface area contributed by atoms with Crippen molar-refractivity contribution in [3.05, 3.63) is 40.7 Å². The fourth-order valence-corrected chi connectivity index (χ4v) is 2.48. The van der Waals surface area contributed by atoms with Crippen LogP contribution in [0.3, 0.4) is 0 Å². The van der Waals surface area contributed by atoms with Crippen LogP contribution in [0.5, 0.6) is 0 Å². The summed E-state index contributed by atoms with van der Waals surface area (Å²) in [7, 11) is 3.43. The zero-order valence-electron chi connectivity index (χ0n) is 12.9. The van der Waals surface area contributed by atoms with Crippen LogP contribution in [0.4, 0.5) is 15.2 Å². The number of ether oxygens (including phenoxy) is 1. The molecule has 0 saturated carbocycles. The molecule has 8 heteroatoms. The molecule has 2 rings (SSSR count). The molecule has 1 aromatic carbocycles. The normalized spacial score (nSPS) is 10.3. The molecule has 1 heterocycles. The average molecular weight is 337 g/mol. The maximum atomic E-state index is 13.9. The van der Waals surface area contributed by atoms with E-state index in [0.717, 1.165) is 17.4 Å². The van der Waals surface area contributed by atoms with Crippen LogP contribution in [0.25, 0.3) is 0 Å². The summed E-state index contributed by atoms with van der Waals surface area (Å²) in [6.07, 6.45) is 0. The molecule has 0 aliphatic carbocycles. The van der Waals surface area contributed by atoms with Crippen LogP contribution < -0.4 is 10.2 Å². The molecule has 0 spiro atoms. The van der Waals surface area contributed by atoms with E-state index in [2.05, 4.69) is 10.3 Å². The zero-order valence-corrected chi connectivity index (χ0v) is 13.7. The fourth-order valence-electron chi connectivity index (χ4n) is 1.81. The smallest absolute Gasteiger partial charge is 0.357 e. The van der Waals surface area contributed by atoms with Crippen LogP contribution in [0.1, 0.15) is 27.8 Å². The van der Waals surface area contributed by atoms with E-state index < -0.39 is 17.7 Å². The van der Waals surface area contributed by atoms with Crippen LogP contribution in [-0.4, -0.2) is 37.6 Å². The number of nitrogens with one attached hydrogen (secondary N) is 1. The lowest BCUT2D eigenvalue weighted by molar-refractivity contribution is 0.0520. The van der Waals surface area contributed by atoms with Gasteiger partial charge in [-0.05, 0) is 25.1 Å². The molecule has 1 amide bonds. The third-order valence-electron chi connectivity index (χ3n) is 2.90. The van der Waals surface area contributed by atoms with Gasteiger partial charge < -0.3 is 9.64 Å². The lowest BCUT2D eigenvalue weighted by Crippen LogP contribution is -2.15. The van der Waals surface area contributed by atoms with Gasteiger partial charge in [0.05, 0.1) is 12.3 Å². The number of hydrogen-bond donors (Lipinski definition) is 1. The van der Waals surface area contributed by atoms with Gasteiger partial charge in [-0.2, -0.15) is 0 Å². The lowest BCUT2D eigenvalue weighted by Gasteiger charge is -2.13. The number of hydrogen-bond acceptors (Lipinski definition) is 6. The zero-order chi connectivity index (χ0) is 17.0. The monoisotopic (exact) mass is 337 g/mol. The van der Waals surface area contributed by atoms with Crippen LogP contribution >= 0.6 is 11.3 Å². The summed E-state index contributed by atoms with van der Waals surface area (Å²) in [6.45, 7) is 1.94. The van der Waals surface area contributed by atoms with E-state index in [1.165, 1.54) is 17.5 Å². The minimum Gasteiger partial charge on any atom is -0.461 e. The van der Waals surface area contributed by atoms with E-state index in [9.17, 15) is 14.0 Å². The molecule has 1 N–H and O–H groups in total. The molecule has 0 saturated heterocycles. The van der Waals surface area contributed by atoms with Crippen molar-refractivity contribution in [2.75, 3.05) is 30.9 Å². The Morgan fingerprint density at radius 3 is 2.74 bits per heavy atom. The van der Waals surface area contributed by atoms with Gasteiger partial charge in [0.15, 0.2) is 10.8 Å². The van der Waals surface area contributed by atoms with Gasteiger partial charge in [-0.15, -0.1) is 11.3 Å². The predicted octanol–water partition coefficient (Wildman–Crippen LogP) is 2.78. The Labute approximate surface area is 136 Å². The van der Waals surface area contributed by atoms with Crippen LogP contribution in [0.2, 0.25) is 0 Å². The van der Waals surface area contributed by atoms with E-state index in [0.29, 0.717) is 5.69 Å². The molecule has 0 aliphatic rings. The van der Waals surface area contributed by atoms with E-state index in [-0.39, 0.29) is 23.0 Å². The summed E-state index contributed by atoms with van der Waals surface area (Å²) in [5.74, 6) is -1.54. The van der Waals surface area contributed by atoms with Gasteiger partial charge in [-0.1, -0.05) is 0 Å². The molecule has 1 aromatic heterocycles. The number of halogens is 1. The molecule has 0 fully saturated rings. The minimum atomic E-state index is -0.550. The number of thiazole rings is 1. The molecule has 23 heavy (non-hydrogen) atoms. The summed E-state index contributed by atoms with van der Waals surface area (Å²) in [4.78, 5) is 29.2. The second kappa shape index (κ2) is 7.19. The quantitative estimate of drug-likeness (QED) is 0.850. The van der Waals surface area contributed by atoms with Crippen molar-refractivity contribution in [1.82, 2.24) is 4.98 Å². The first kappa shape index (κ1) is 16.9. The van der Waals surface area contributed by atoms with E-state index in [4.69, 9.17) is 4.74 Å². The third kappa shape index (κ3) is 4.04. The second-order valence-corrected chi connectivity index (χ2v) is 5.63. The van der Waals surface area contributed by atoms with Crippen molar-refractivity contribution in [2.45, 2.75) is 6.92 Å². The highest BCUT2D eigenvalue weighted by atomic mass is 32.1. The van der Waals surface area contributed by atoms with Crippen molar-refractivity contribution in [1.29, 1.82) is 0 Å². The van der Waals surface area contributed by atoms with Crippen LogP contribution in [0.15, 0.2) is 23.6 Å². The van der Waals surface area contributed by atoms with E-state index >= 15 is 0 Å². The largest absolute Gasteiger partial charge is 0.461 e. The Kier molecular flexibility index (Phi) is 5.28. The van der Waals surface area contributed by atoms with E-state index in [1.54, 1.807) is 25.9 Å². The van der Waals surface area contributed by atoms with Crippen molar-refractivity contribution < 1.29 is 18.7 Å². The predicted molar refractivity (Wildman–Crippen MR) is 86.8 cm³/mol. The number of aromatic nitrogens is 1. The number of carbonyl (C=O) groups excluding carboxylic acids is 2. The van der Waals surface area contributed by atoms with Crippen molar-refractivity contribution in [3.8, 4) is 0 Å². The Bertz CT molecular complexity index is 731. The van der Waals surface area contributed by atoms with Crippen LogP contribution in [0, 0.1) is 5.82 Å². The molecule has 0 radical (unpaired) electrons. The summed E-state index contributed by atoms with van der Waals surface area (Å²) in [5, 5.41) is 4.27. The first-order valence-corrected chi connectivity index (χ1v) is 7.71. The molecular weight excluding hydrogens is 321 g/mol. The van der Waals surface area contributed by atoms with E-state index in [1.807, 2.05) is 0 Å². The number of carbonyl (C=O) groups is 2. The van der Waals surface area contributed by atoms with Gasteiger partial charge >= 0.3 is 5.97 Å². The third-order valence-corrected chi connectivity index (χ3v) is 3.66. The van der Waals surface area contributed by atoms with Gasteiger partial charge in [0.25, 0.3) is 5.91 Å². The Balaban J connectivity index is 2.10. The molecule has 122 valence electrons. The lowest BCUT2D eigenvalue weighted by atomic mass is 10.2. The number of anilines is 2. The number of rotatable bonds is 5. The number of benzene rings is 1. The maximum absolute atomic E-state index is 13.9. The highest BCUT2D eigenvalue weighted by Gasteiger charge is 2.15. The number of amides is 1. The van der Waals surface area contributed by atoms with Gasteiger partial charge in [0.2, 0.25) is 0 Å². The molecule has 0 unspecified atom stereocenters. The molecular formula is C15H16FN3O3S. The molecule has 6 nitrogen and oxygen atoms in total. The highest BCUT2D eigenvalue weighted by Crippen LogP contribution is 2.20. The SMILES string of the molecule is CCOC(=O)c1csc(NC(=O)c2ccc(N(C)C)c(F)c2)n1. The first-order chi connectivity index (χ1) is 10.9. The fraction of sp³-hybridized carbons (Fsp3) is 0.267. The molecule has 0 aliphatic heterocycles. The first-order valence-electron chi connectivity index (χ1n) is 6.83. The Morgan fingerprint density at radius 2 is 2.13 bits per heavy atom. The van der Waals surface area contributed by atoms with Gasteiger partial charge in [0, 0.05) is 25.0 Å². The Hall–Kier alpha value is -2.48. The Morgan fingerprint density at radius 1 is 1.39 bits per heavy atom. The minimum absolute atomic E-state index is 0.126. The average Bonchev–Trinajstić information content (AvgIpc) is 2.95. The summed E-state index contributed by atoms with van der Waals surface area (Å²) >= 11 is 1.09. The summed E-state index contributed by atoms with van der Waals surface area (Å²) in [6, 6.07) is 4.20. The van der Waals surface area contributed by atoms with Crippen molar-refractivity contribution in [3.63, 3.8) is 0 Å². The number of esters is 1. The van der Waals surface area contributed by atoms with Gasteiger partial charge in [-0.3, -0.25) is 10.1 Å². The standard InChI is InChI=1S/C15H16FN3O3S/c1-4-22-14(21)11-8-23-15(17-11)18-13(20)9-5-6-12(19(2)3)10(16)7-9/h5-8H,4H2,1-3H3,(H,17,18,20). The summed E-state index contributed by atoms with van der Waals surface area (Å²) in [5.41, 5.74) is 0.683. The maximum Gasteiger partial charge on any atom is 0.357 e. The molecule has 0 atom stereocenters. The van der Waals surface area contributed by atoms with Crippen molar-refractivity contribution in [2.24, 2.45) is 0 Å². The van der Waals surface area contributed by atoms with Gasteiger partial charge in [0.1, 0.15) is 5.82 Å². The molecule has 2 aromatic rings. The van der Waals surface area contributed by atoms with Gasteiger partial charge in [-0.25, -0.2) is 14.2 Å². The van der Waals surface area contributed by atoms with Crippen molar-refractivity contribution >= 4 is 34.0 Å². The summed E-state index contributed by atoms with van der Waals surface area (Å²) < 4.78 is 18.7. The number of nitrogens with zero attached hydrogens (tertiary/aromatic N) is 2. The second-order valence-electron chi connectivity index (χ2n) is 4.77.